The molecule has 2 heterocycles. The molecule has 1 saturated heterocycles. The normalized spacial score (nSPS) is 19.6. The molecule has 0 radical (unpaired) electrons. The molecule has 6 heteroatoms. The number of carbonyl (C=O) groups excluding carboxylic acids is 1. The molecule has 0 unspecified atom stereocenters. The lowest BCUT2D eigenvalue weighted by molar-refractivity contribution is -0.133. The van der Waals surface area contributed by atoms with Crippen LogP contribution in [0, 0.1) is 18.3 Å². The van der Waals surface area contributed by atoms with Crippen LogP contribution in [0.15, 0.2) is 34.7 Å². The molecule has 28 heavy (non-hydrogen) atoms. The van der Waals surface area contributed by atoms with Crippen molar-refractivity contribution in [3.63, 3.8) is 0 Å². The van der Waals surface area contributed by atoms with Gasteiger partial charge in [-0.2, -0.15) is 5.26 Å². The zero-order valence-electron chi connectivity index (χ0n) is 16.3. The van der Waals surface area contributed by atoms with Crippen LogP contribution >= 0.6 is 0 Å². The van der Waals surface area contributed by atoms with Crippen molar-refractivity contribution in [1.82, 2.24) is 14.8 Å². The number of oxazole rings is 1. The van der Waals surface area contributed by atoms with Crippen molar-refractivity contribution in [2.45, 2.75) is 57.7 Å². The molecule has 0 bridgehead atoms. The summed E-state index contributed by atoms with van der Waals surface area (Å²) in [6, 6.07) is 12.3. The minimum absolute atomic E-state index is 0.0559. The second-order valence-corrected chi connectivity index (χ2v) is 7.75. The maximum absolute atomic E-state index is 12.9. The van der Waals surface area contributed by atoms with Gasteiger partial charge in [0, 0.05) is 24.7 Å². The van der Waals surface area contributed by atoms with Gasteiger partial charge in [0.15, 0.2) is 0 Å². The number of nitrogens with zero attached hydrogens (tertiary/aromatic N) is 4. The van der Waals surface area contributed by atoms with Crippen LogP contribution in [0.3, 0.4) is 0 Å². The van der Waals surface area contributed by atoms with Crippen molar-refractivity contribution in [1.29, 1.82) is 5.26 Å². The quantitative estimate of drug-likeness (QED) is 0.769. The number of aromatic nitrogens is 1. The van der Waals surface area contributed by atoms with E-state index in [-0.39, 0.29) is 11.9 Å². The van der Waals surface area contributed by atoms with Crippen LogP contribution in [0.4, 0.5) is 0 Å². The predicted molar refractivity (Wildman–Crippen MR) is 105 cm³/mol. The number of nitriles is 1. The Morgan fingerprint density at radius 1 is 1.29 bits per heavy atom. The van der Waals surface area contributed by atoms with E-state index < -0.39 is 0 Å². The highest BCUT2D eigenvalue weighted by atomic mass is 16.4. The Morgan fingerprint density at radius 2 is 2.07 bits per heavy atom. The fraction of sp³-hybridized carbons (Fsp3) is 0.500. The molecular weight excluding hydrogens is 352 g/mol. The third-order valence-corrected chi connectivity index (χ3v) is 5.92. The molecule has 2 aliphatic rings. The third-order valence-electron chi connectivity index (χ3n) is 5.92. The van der Waals surface area contributed by atoms with Gasteiger partial charge in [0.1, 0.15) is 11.8 Å². The van der Waals surface area contributed by atoms with Crippen LogP contribution in [0.2, 0.25) is 0 Å². The zero-order chi connectivity index (χ0) is 19.5. The molecule has 1 saturated carbocycles. The minimum atomic E-state index is -0.269. The van der Waals surface area contributed by atoms with E-state index in [0.29, 0.717) is 31.6 Å². The van der Waals surface area contributed by atoms with Gasteiger partial charge in [0.05, 0.1) is 18.3 Å². The molecule has 0 N–H and O–H groups in total. The highest BCUT2D eigenvalue weighted by molar-refractivity contribution is 5.79. The molecular formula is C22H26N4O2. The molecule has 1 aromatic heterocycles. The summed E-state index contributed by atoms with van der Waals surface area (Å²) in [6.45, 7) is 3.57. The second kappa shape index (κ2) is 8.15. The number of likely N-dealkylation sites (tertiary alicyclic amines) is 1. The summed E-state index contributed by atoms with van der Waals surface area (Å²) in [5.74, 6) is 1.48. The summed E-state index contributed by atoms with van der Waals surface area (Å²) >= 11 is 0. The number of carbonyl (C=O) groups is 1. The average Bonchev–Trinajstić information content (AvgIpc) is 3.28. The highest BCUT2D eigenvalue weighted by Gasteiger charge is 2.33. The van der Waals surface area contributed by atoms with Crippen molar-refractivity contribution in [3.8, 4) is 17.5 Å². The monoisotopic (exact) mass is 378 g/mol. The maximum atomic E-state index is 12.9. The molecule has 1 aliphatic carbocycles. The number of benzene rings is 1. The molecule has 1 aromatic carbocycles. The molecule has 146 valence electrons. The van der Waals surface area contributed by atoms with Crippen molar-refractivity contribution in [3.05, 3.63) is 41.8 Å². The Hall–Kier alpha value is -2.65. The first kappa shape index (κ1) is 18.7. The van der Waals surface area contributed by atoms with E-state index >= 15 is 0 Å². The van der Waals surface area contributed by atoms with Gasteiger partial charge in [-0.3, -0.25) is 9.69 Å². The number of hydrogen-bond acceptors (Lipinski definition) is 5. The van der Waals surface area contributed by atoms with E-state index in [2.05, 4.69) is 11.0 Å². The van der Waals surface area contributed by atoms with Gasteiger partial charge in [-0.1, -0.05) is 24.6 Å². The van der Waals surface area contributed by atoms with Crippen molar-refractivity contribution in [2.24, 2.45) is 0 Å². The molecule has 1 amide bonds. The van der Waals surface area contributed by atoms with E-state index in [1.54, 1.807) is 4.90 Å². The van der Waals surface area contributed by atoms with E-state index in [9.17, 15) is 10.1 Å². The average molecular weight is 378 g/mol. The fourth-order valence-electron chi connectivity index (χ4n) is 4.00. The fourth-order valence-corrected chi connectivity index (χ4v) is 4.00. The van der Waals surface area contributed by atoms with Crippen molar-refractivity contribution in [2.75, 3.05) is 13.1 Å². The first-order chi connectivity index (χ1) is 13.7. The van der Waals surface area contributed by atoms with Gasteiger partial charge in [-0.15, -0.1) is 0 Å². The number of hydrogen-bond donors (Lipinski definition) is 0. The SMILES string of the molecule is Cc1oc(-c2ccccc2)nc1CN(CC(=O)N1CCC[C@H]1C#N)C1CCC1. The topological polar surface area (TPSA) is 73.4 Å². The molecule has 4 rings (SSSR count). The smallest absolute Gasteiger partial charge is 0.237 e. The maximum Gasteiger partial charge on any atom is 0.237 e. The summed E-state index contributed by atoms with van der Waals surface area (Å²) < 4.78 is 5.90. The van der Waals surface area contributed by atoms with Crippen LogP contribution in [0.1, 0.15) is 43.6 Å². The zero-order valence-corrected chi connectivity index (χ0v) is 16.3. The van der Waals surface area contributed by atoms with Gasteiger partial charge in [0.2, 0.25) is 11.8 Å². The van der Waals surface area contributed by atoms with Gasteiger partial charge in [0.25, 0.3) is 0 Å². The summed E-state index contributed by atoms with van der Waals surface area (Å²) in [5, 5.41) is 9.29. The van der Waals surface area contributed by atoms with Crippen molar-refractivity contribution < 1.29 is 9.21 Å². The van der Waals surface area contributed by atoms with Crippen LogP contribution in [-0.4, -0.2) is 45.9 Å². The summed E-state index contributed by atoms with van der Waals surface area (Å²) in [4.78, 5) is 21.5. The van der Waals surface area contributed by atoms with Crippen LogP contribution < -0.4 is 0 Å². The minimum Gasteiger partial charge on any atom is -0.441 e. The number of aryl methyl sites for hydroxylation is 1. The molecule has 1 atom stereocenters. The van der Waals surface area contributed by atoms with Crippen molar-refractivity contribution >= 4 is 5.91 Å². The molecule has 6 nitrogen and oxygen atoms in total. The molecule has 2 fully saturated rings. The first-order valence-electron chi connectivity index (χ1n) is 10.1. The lowest BCUT2D eigenvalue weighted by atomic mass is 9.91. The van der Waals surface area contributed by atoms with Gasteiger partial charge >= 0.3 is 0 Å². The number of amides is 1. The Labute approximate surface area is 165 Å². The molecule has 2 aromatic rings. The molecule has 1 aliphatic heterocycles. The lowest BCUT2D eigenvalue weighted by Crippen LogP contribution is -2.47. The van der Waals surface area contributed by atoms with Gasteiger partial charge < -0.3 is 9.32 Å². The Balaban J connectivity index is 1.49. The predicted octanol–water partition coefficient (Wildman–Crippen LogP) is 3.52. The molecule has 0 spiro atoms. The van der Waals surface area contributed by atoms with Crippen LogP contribution in [-0.2, 0) is 11.3 Å². The second-order valence-electron chi connectivity index (χ2n) is 7.75. The summed E-state index contributed by atoms with van der Waals surface area (Å²) in [7, 11) is 0. The largest absolute Gasteiger partial charge is 0.441 e. The number of rotatable bonds is 6. The standard InChI is InChI=1S/C22H26N4O2/c1-16-20(24-22(28-16)17-7-3-2-4-8-17)14-25(18-9-5-10-18)15-21(27)26-12-6-11-19(26)13-23/h2-4,7-8,18-19H,5-6,9-12,14-15H2,1H3/t19-/m0/s1. The van der Waals surface area contributed by atoms with Gasteiger partial charge in [-0.25, -0.2) is 4.98 Å². The van der Waals surface area contributed by atoms with Crippen LogP contribution in [0.25, 0.3) is 11.5 Å². The first-order valence-corrected chi connectivity index (χ1v) is 10.1. The van der Waals surface area contributed by atoms with Crippen LogP contribution in [0.5, 0.6) is 0 Å². The van der Waals surface area contributed by atoms with E-state index in [1.807, 2.05) is 37.3 Å². The van der Waals surface area contributed by atoms with E-state index in [4.69, 9.17) is 9.40 Å². The highest BCUT2D eigenvalue weighted by Crippen LogP contribution is 2.29. The summed E-state index contributed by atoms with van der Waals surface area (Å²) in [6.07, 6.45) is 5.12. The third kappa shape index (κ3) is 3.81. The van der Waals surface area contributed by atoms with E-state index in [1.165, 1.54) is 6.42 Å². The Kier molecular flexibility index (Phi) is 5.45. The Bertz CT molecular complexity index is 866. The lowest BCUT2D eigenvalue weighted by Gasteiger charge is -2.37. The van der Waals surface area contributed by atoms with E-state index in [0.717, 1.165) is 42.7 Å². The summed E-state index contributed by atoms with van der Waals surface area (Å²) in [5.41, 5.74) is 1.84. The van der Waals surface area contributed by atoms with Gasteiger partial charge in [-0.05, 0) is 44.7 Å². The Morgan fingerprint density at radius 3 is 2.75 bits per heavy atom.